The van der Waals surface area contributed by atoms with E-state index in [1.54, 1.807) is 24.3 Å². The van der Waals surface area contributed by atoms with Gasteiger partial charge in [-0.05, 0) is 48.7 Å². The van der Waals surface area contributed by atoms with E-state index in [9.17, 15) is 13.2 Å². The molecule has 1 atom stereocenters. The number of amides is 1. The summed E-state index contributed by atoms with van der Waals surface area (Å²) < 4.78 is 31.3. The third-order valence-corrected chi connectivity index (χ3v) is 5.70. The molecule has 1 aliphatic rings. The van der Waals surface area contributed by atoms with Crippen LogP contribution in [0.2, 0.25) is 5.02 Å². The van der Waals surface area contributed by atoms with Gasteiger partial charge in [0.15, 0.2) is 6.10 Å². The maximum atomic E-state index is 12.5. The Morgan fingerprint density at radius 3 is 2.63 bits per heavy atom. The van der Waals surface area contributed by atoms with E-state index in [-0.39, 0.29) is 12.5 Å². The molecule has 0 fully saturated rings. The number of ether oxygens (including phenoxy) is 1. The Hall–Kier alpha value is -2.25. The van der Waals surface area contributed by atoms with E-state index >= 15 is 0 Å². The number of aryl methyl sites for hydroxylation is 1. The summed E-state index contributed by atoms with van der Waals surface area (Å²) in [5.41, 5.74) is 2.42. The molecule has 8 heteroatoms. The van der Waals surface area contributed by atoms with E-state index in [0.29, 0.717) is 29.4 Å². The first-order chi connectivity index (χ1) is 12.7. The summed E-state index contributed by atoms with van der Waals surface area (Å²) in [5, 5.41) is 3.47. The number of halogens is 1. The van der Waals surface area contributed by atoms with Crippen LogP contribution in [0.1, 0.15) is 11.1 Å². The second-order valence-corrected chi connectivity index (χ2v) is 8.88. The summed E-state index contributed by atoms with van der Waals surface area (Å²) >= 11 is 5.86. The molecular weight excluding hydrogens is 388 g/mol. The molecular formula is C19H21ClN2O4S. The van der Waals surface area contributed by atoms with Crippen molar-refractivity contribution in [2.24, 2.45) is 0 Å². The van der Waals surface area contributed by atoms with Crippen LogP contribution >= 0.6 is 11.6 Å². The minimum absolute atomic E-state index is 0.0535. The Morgan fingerprint density at radius 1 is 1.26 bits per heavy atom. The number of rotatable bonds is 5. The number of nitrogens with zero attached hydrogens (tertiary/aromatic N) is 1. The third-order valence-electron chi connectivity index (χ3n) is 4.30. The molecule has 2 aromatic rings. The maximum Gasteiger partial charge on any atom is 0.263 e. The van der Waals surface area contributed by atoms with Gasteiger partial charge in [-0.2, -0.15) is 0 Å². The van der Waals surface area contributed by atoms with Crippen molar-refractivity contribution < 1.29 is 17.9 Å². The number of carbonyl (C=O) groups excluding carboxylic acids is 1. The second kappa shape index (κ2) is 7.78. The average molecular weight is 409 g/mol. The van der Waals surface area contributed by atoms with Crippen molar-refractivity contribution in [2.45, 2.75) is 19.4 Å². The van der Waals surface area contributed by atoms with Crippen molar-refractivity contribution in [3.8, 4) is 5.75 Å². The fraction of sp³-hybridized carbons (Fsp3) is 0.316. The van der Waals surface area contributed by atoms with Crippen LogP contribution in [-0.2, 0) is 21.2 Å². The van der Waals surface area contributed by atoms with E-state index in [0.717, 1.165) is 17.4 Å². The van der Waals surface area contributed by atoms with E-state index in [2.05, 4.69) is 5.32 Å². The van der Waals surface area contributed by atoms with Gasteiger partial charge in [0.2, 0.25) is 10.0 Å². The molecule has 1 heterocycles. The third kappa shape index (κ3) is 4.73. The summed E-state index contributed by atoms with van der Waals surface area (Å²) in [4.78, 5) is 12.5. The number of sulfonamides is 1. The first-order valence-electron chi connectivity index (χ1n) is 8.51. The number of nitrogens with one attached hydrogen (secondary N) is 1. The molecule has 27 heavy (non-hydrogen) atoms. The largest absolute Gasteiger partial charge is 0.476 e. The van der Waals surface area contributed by atoms with E-state index < -0.39 is 16.1 Å². The first kappa shape index (κ1) is 19.5. The first-order valence-corrected chi connectivity index (χ1v) is 10.7. The van der Waals surface area contributed by atoms with E-state index in [1.807, 2.05) is 25.1 Å². The molecule has 0 spiro atoms. The van der Waals surface area contributed by atoms with Crippen LogP contribution in [0.15, 0.2) is 42.5 Å². The lowest BCUT2D eigenvalue weighted by atomic mass is 10.1. The summed E-state index contributed by atoms with van der Waals surface area (Å²) in [6.45, 7) is 2.23. The number of benzene rings is 2. The topological polar surface area (TPSA) is 75.7 Å². The molecule has 0 unspecified atom stereocenters. The van der Waals surface area contributed by atoms with Crippen molar-refractivity contribution in [3.05, 3.63) is 58.6 Å². The predicted molar refractivity (Wildman–Crippen MR) is 106 cm³/mol. The highest BCUT2D eigenvalue weighted by atomic mass is 35.5. The lowest BCUT2D eigenvalue weighted by Gasteiger charge is -2.34. The SMILES string of the molecule is Cc1ccc2c(c1)N(S(C)(=O)=O)C[C@@H](C(=O)NCCc1ccc(Cl)cc1)O2. The van der Waals surface area contributed by atoms with Gasteiger partial charge < -0.3 is 10.1 Å². The molecule has 0 radical (unpaired) electrons. The molecule has 1 amide bonds. The number of carbonyl (C=O) groups is 1. The monoisotopic (exact) mass is 408 g/mol. The molecule has 2 aromatic carbocycles. The van der Waals surface area contributed by atoms with Crippen LogP contribution in [0.25, 0.3) is 0 Å². The highest BCUT2D eigenvalue weighted by molar-refractivity contribution is 7.92. The van der Waals surface area contributed by atoms with Gasteiger partial charge >= 0.3 is 0 Å². The van der Waals surface area contributed by atoms with Crippen molar-refractivity contribution in [1.29, 1.82) is 0 Å². The summed E-state index contributed by atoms with van der Waals surface area (Å²) in [6.07, 6.45) is 0.862. The molecule has 1 N–H and O–H groups in total. The van der Waals surface area contributed by atoms with Crippen molar-refractivity contribution in [2.75, 3.05) is 23.7 Å². The summed E-state index contributed by atoms with van der Waals surface area (Å²) in [7, 11) is -3.53. The molecule has 1 aliphatic heterocycles. The Labute approximate surface area is 164 Å². The minimum Gasteiger partial charge on any atom is -0.476 e. The van der Waals surface area contributed by atoms with Gasteiger partial charge in [-0.15, -0.1) is 0 Å². The van der Waals surface area contributed by atoms with Crippen LogP contribution in [0.5, 0.6) is 5.75 Å². The van der Waals surface area contributed by atoms with Gasteiger partial charge in [0.1, 0.15) is 5.75 Å². The molecule has 6 nitrogen and oxygen atoms in total. The van der Waals surface area contributed by atoms with Gasteiger partial charge in [-0.25, -0.2) is 8.42 Å². The highest BCUT2D eigenvalue weighted by Gasteiger charge is 2.34. The van der Waals surface area contributed by atoms with Gasteiger partial charge in [-0.1, -0.05) is 29.8 Å². The highest BCUT2D eigenvalue weighted by Crippen LogP contribution is 2.35. The van der Waals surface area contributed by atoms with E-state index in [1.165, 1.54) is 4.31 Å². The van der Waals surface area contributed by atoms with Gasteiger partial charge in [0.05, 0.1) is 18.5 Å². The van der Waals surface area contributed by atoms with E-state index in [4.69, 9.17) is 16.3 Å². The summed E-state index contributed by atoms with van der Waals surface area (Å²) in [6, 6.07) is 12.6. The molecule has 0 bridgehead atoms. The zero-order valence-corrected chi connectivity index (χ0v) is 16.7. The predicted octanol–water partition coefficient (Wildman–Crippen LogP) is 2.53. The Morgan fingerprint density at radius 2 is 1.96 bits per heavy atom. The molecule has 144 valence electrons. The minimum atomic E-state index is -3.53. The zero-order valence-electron chi connectivity index (χ0n) is 15.1. The van der Waals surface area contributed by atoms with Crippen LogP contribution in [0, 0.1) is 6.92 Å². The van der Waals surface area contributed by atoms with Gasteiger partial charge in [0, 0.05) is 11.6 Å². The number of fused-ring (bicyclic) bond motifs is 1. The van der Waals surface area contributed by atoms with Crippen molar-refractivity contribution >= 4 is 33.2 Å². The lowest BCUT2D eigenvalue weighted by molar-refractivity contribution is -0.127. The molecule has 0 saturated carbocycles. The average Bonchev–Trinajstić information content (AvgIpc) is 2.61. The number of hydrogen-bond donors (Lipinski definition) is 1. The van der Waals surface area contributed by atoms with Gasteiger partial charge in [0.25, 0.3) is 5.91 Å². The second-order valence-electron chi connectivity index (χ2n) is 6.54. The van der Waals surface area contributed by atoms with Crippen LogP contribution in [-0.4, -0.2) is 39.8 Å². The Bertz CT molecular complexity index is 945. The molecule has 0 saturated heterocycles. The zero-order chi connectivity index (χ0) is 19.6. The lowest BCUT2D eigenvalue weighted by Crippen LogP contribution is -2.50. The van der Waals surface area contributed by atoms with Crippen molar-refractivity contribution in [1.82, 2.24) is 5.32 Å². The van der Waals surface area contributed by atoms with Crippen LogP contribution in [0.3, 0.4) is 0 Å². The molecule has 0 aliphatic carbocycles. The Balaban J connectivity index is 1.68. The van der Waals surface area contributed by atoms with Crippen molar-refractivity contribution in [3.63, 3.8) is 0 Å². The smallest absolute Gasteiger partial charge is 0.263 e. The summed E-state index contributed by atoms with van der Waals surface area (Å²) in [5.74, 6) is 0.0407. The normalized spacial score (nSPS) is 16.4. The standard InChI is InChI=1S/C19H21ClN2O4S/c1-13-3-8-17-16(11-13)22(27(2,24)25)12-18(26-17)19(23)21-10-9-14-4-6-15(20)7-5-14/h3-8,11,18H,9-10,12H2,1-2H3,(H,21,23)/t18-/m0/s1. The fourth-order valence-electron chi connectivity index (χ4n) is 2.91. The molecule has 0 aromatic heterocycles. The maximum absolute atomic E-state index is 12.5. The number of hydrogen-bond acceptors (Lipinski definition) is 4. The van der Waals surface area contributed by atoms with Crippen LogP contribution in [0.4, 0.5) is 5.69 Å². The fourth-order valence-corrected chi connectivity index (χ4v) is 3.94. The number of anilines is 1. The molecule has 3 rings (SSSR count). The quantitative estimate of drug-likeness (QED) is 0.824. The van der Waals surface area contributed by atoms with Crippen LogP contribution < -0.4 is 14.4 Å². The Kier molecular flexibility index (Phi) is 5.62. The van der Waals surface area contributed by atoms with Gasteiger partial charge in [-0.3, -0.25) is 9.10 Å².